The lowest BCUT2D eigenvalue weighted by atomic mass is 10.0. The highest BCUT2D eigenvalue weighted by Gasteiger charge is 2.36. The molecule has 3 rings (SSSR count). The minimum Gasteiger partial charge on any atom is -0.463 e. The molecule has 0 aromatic heterocycles. The minimum atomic E-state index is -0.341. The van der Waals surface area contributed by atoms with Gasteiger partial charge in [-0.05, 0) is 17.5 Å². The van der Waals surface area contributed by atoms with E-state index in [-0.39, 0.29) is 30.9 Å². The molecule has 144 valence electrons. The summed E-state index contributed by atoms with van der Waals surface area (Å²) in [6, 6.07) is 20.0. The monoisotopic (exact) mass is 370 g/mol. The van der Waals surface area contributed by atoms with Crippen LogP contribution in [-0.2, 0) is 37.0 Å². The normalized spacial score (nSPS) is 22.3. The van der Waals surface area contributed by atoms with Gasteiger partial charge in [-0.15, -0.1) is 0 Å². The van der Waals surface area contributed by atoms with Crippen molar-refractivity contribution in [1.29, 1.82) is 0 Å². The molecule has 0 aliphatic carbocycles. The topological polar surface area (TPSA) is 54.0 Å². The van der Waals surface area contributed by atoms with Gasteiger partial charge in [0.2, 0.25) is 0 Å². The van der Waals surface area contributed by atoms with Gasteiger partial charge >= 0.3 is 5.97 Å². The first-order valence-corrected chi connectivity index (χ1v) is 9.28. The fourth-order valence-electron chi connectivity index (χ4n) is 3.11. The Balaban J connectivity index is 1.65. The van der Waals surface area contributed by atoms with E-state index >= 15 is 0 Å². The van der Waals surface area contributed by atoms with Crippen LogP contribution in [-0.4, -0.2) is 37.5 Å². The van der Waals surface area contributed by atoms with Crippen LogP contribution in [0.2, 0.25) is 0 Å². The van der Waals surface area contributed by atoms with Crippen molar-refractivity contribution >= 4 is 5.97 Å². The van der Waals surface area contributed by atoms with Crippen molar-refractivity contribution in [2.45, 2.75) is 44.9 Å². The molecular formula is C22H26O5. The molecule has 3 unspecified atom stereocenters. The van der Waals surface area contributed by atoms with Gasteiger partial charge in [0.1, 0.15) is 18.8 Å². The molecule has 1 heterocycles. The number of hydrogen-bond acceptors (Lipinski definition) is 5. The van der Waals surface area contributed by atoms with Gasteiger partial charge in [-0.3, -0.25) is 4.79 Å². The van der Waals surface area contributed by atoms with Gasteiger partial charge in [0, 0.05) is 13.5 Å². The molecular weight excluding hydrogens is 344 g/mol. The van der Waals surface area contributed by atoms with E-state index in [1.165, 1.54) is 6.92 Å². The molecule has 3 atom stereocenters. The van der Waals surface area contributed by atoms with E-state index in [0.717, 1.165) is 17.5 Å². The predicted molar refractivity (Wildman–Crippen MR) is 101 cm³/mol. The number of carbonyl (C=O) groups excluding carboxylic acids is 1. The van der Waals surface area contributed by atoms with Crippen LogP contribution in [0.25, 0.3) is 0 Å². The largest absolute Gasteiger partial charge is 0.463 e. The number of rotatable bonds is 8. The zero-order valence-electron chi connectivity index (χ0n) is 15.6. The van der Waals surface area contributed by atoms with E-state index in [0.29, 0.717) is 19.8 Å². The van der Waals surface area contributed by atoms with E-state index in [1.807, 2.05) is 60.7 Å². The van der Waals surface area contributed by atoms with E-state index in [1.54, 1.807) is 0 Å². The summed E-state index contributed by atoms with van der Waals surface area (Å²) in [6.45, 7) is 3.08. The molecule has 0 amide bonds. The average Bonchev–Trinajstić information content (AvgIpc) is 2.71. The second-order valence-corrected chi connectivity index (χ2v) is 6.60. The highest BCUT2D eigenvalue weighted by Crippen LogP contribution is 2.24. The van der Waals surface area contributed by atoms with Gasteiger partial charge in [0.05, 0.1) is 19.3 Å². The molecule has 5 nitrogen and oxygen atoms in total. The molecule has 0 bridgehead atoms. The van der Waals surface area contributed by atoms with Gasteiger partial charge < -0.3 is 18.9 Å². The Labute approximate surface area is 160 Å². The van der Waals surface area contributed by atoms with Gasteiger partial charge in [-0.1, -0.05) is 60.7 Å². The van der Waals surface area contributed by atoms with Crippen LogP contribution >= 0.6 is 0 Å². The Morgan fingerprint density at radius 1 is 0.963 bits per heavy atom. The van der Waals surface area contributed by atoms with Crippen molar-refractivity contribution in [3.63, 3.8) is 0 Å². The molecule has 1 aliphatic rings. The Morgan fingerprint density at radius 2 is 1.56 bits per heavy atom. The zero-order chi connectivity index (χ0) is 18.9. The second-order valence-electron chi connectivity index (χ2n) is 6.60. The van der Waals surface area contributed by atoms with Crippen LogP contribution in [0.15, 0.2) is 60.7 Å². The van der Waals surface area contributed by atoms with Gasteiger partial charge in [-0.25, -0.2) is 0 Å². The lowest BCUT2D eigenvalue weighted by Gasteiger charge is -2.37. The minimum absolute atomic E-state index is 0.122. The van der Waals surface area contributed by atoms with Crippen LogP contribution in [0.5, 0.6) is 0 Å². The fourth-order valence-corrected chi connectivity index (χ4v) is 3.11. The molecule has 2 aromatic carbocycles. The van der Waals surface area contributed by atoms with E-state index in [2.05, 4.69) is 0 Å². The summed E-state index contributed by atoms with van der Waals surface area (Å²) in [6.07, 6.45) is -0.0274. The first-order chi connectivity index (χ1) is 13.2. The molecule has 1 saturated heterocycles. The molecule has 1 aliphatic heterocycles. The zero-order valence-corrected chi connectivity index (χ0v) is 15.6. The van der Waals surface area contributed by atoms with E-state index < -0.39 is 0 Å². The summed E-state index contributed by atoms with van der Waals surface area (Å²) in [7, 11) is 0. The Kier molecular flexibility index (Phi) is 7.39. The molecule has 0 spiro atoms. The molecule has 0 saturated carbocycles. The molecule has 0 N–H and O–H groups in total. The quantitative estimate of drug-likeness (QED) is 0.666. The maximum absolute atomic E-state index is 11.2. The Bertz CT molecular complexity index is 688. The van der Waals surface area contributed by atoms with Crippen LogP contribution in [0.4, 0.5) is 0 Å². The summed E-state index contributed by atoms with van der Waals surface area (Å²) in [5.41, 5.74) is 2.19. The van der Waals surface area contributed by atoms with E-state index in [9.17, 15) is 4.79 Å². The number of benzene rings is 2. The molecule has 1 fully saturated rings. The summed E-state index contributed by atoms with van der Waals surface area (Å²) in [5, 5.41) is 0. The predicted octanol–water partition coefficient (Wildman–Crippen LogP) is 3.51. The molecule has 2 aromatic rings. The summed E-state index contributed by atoms with van der Waals surface area (Å²) >= 11 is 0. The van der Waals surface area contributed by atoms with Crippen LogP contribution in [0, 0.1) is 0 Å². The van der Waals surface area contributed by atoms with Crippen LogP contribution in [0.3, 0.4) is 0 Å². The van der Waals surface area contributed by atoms with Crippen LogP contribution in [0.1, 0.15) is 24.5 Å². The van der Waals surface area contributed by atoms with Crippen molar-refractivity contribution in [2.75, 3.05) is 13.2 Å². The van der Waals surface area contributed by atoms with Crippen molar-refractivity contribution in [1.82, 2.24) is 0 Å². The Hall–Kier alpha value is -2.21. The standard InChI is InChI=1S/C22H26O5/c1-17(23)25-16-21-22(27-15-19-10-6-3-7-11-19)20(12-13-24-21)26-14-18-8-4-2-5-9-18/h2-11,20-22H,12-16H2,1H3. The van der Waals surface area contributed by atoms with Crippen molar-refractivity contribution in [3.05, 3.63) is 71.8 Å². The van der Waals surface area contributed by atoms with Crippen molar-refractivity contribution in [3.8, 4) is 0 Å². The third-order valence-electron chi connectivity index (χ3n) is 4.51. The highest BCUT2D eigenvalue weighted by molar-refractivity contribution is 5.65. The summed E-state index contributed by atoms with van der Waals surface area (Å²) in [5.74, 6) is -0.326. The highest BCUT2D eigenvalue weighted by atomic mass is 16.6. The first kappa shape index (κ1) is 19.5. The number of ether oxygens (including phenoxy) is 4. The number of esters is 1. The lowest BCUT2D eigenvalue weighted by molar-refractivity contribution is -0.198. The summed E-state index contributed by atoms with van der Waals surface area (Å²) in [4.78, 5) is 11.2. The maximum atomic E-state index is 11.2. The molecule has 0 radical (unpaired) electrons. The third kappa shape index (κ3) is 6.17. The second kappa shape index (κ2) is 10.2. The maximum Gasteiger partial charge on any atom is 0.302 e. The first-order valence-electron chi connectivity index (χ1n) is 9.28. The third-order valence-corrected chi connectivity index (χ3v) is 4.51. The SMILES string of the molecule is CC(=O)OCC1OCCC(OCc2ccccc2)C1OCc1ccccc1. The van der Waals surface area contributed by atoms with Crippen molar-refractivity contribution in [2.24, 2.45) is 0 Å². The Morgan fingerprint density at radius 3 is 2.15 bits per heavy atom. The number of carbonyl (C=O) groups is 1. The average molecular weight is 370 g/mol. The van der Waals surface area contributed by atoms with Gasteiger partial charge in [-0.2, -0.15) is 0 Å². The summed E-state index contributed by atoms with van der Waals surface area (Å²) < 4.78 is 23.3. The van der Waals surface area contributed by atoms with E-state index in [4.69, 9.17) is 18.9 Å². The van der Waals surface area contributed by atoms with Crippen molar-refractivity contribution < 1.29 is 23.7 Å². The smallest absolute Gasteiger partial charge is 0.302 e. The lowest BCUT2D eigenvalue weighted by Crippen LogP contribution is -2.49. The van der Waals surface area contributed by atoms with Gasteiger partial charge in [0.15, 0.2) is 0 Å². The molecule has 27 heavy (non-hydrogen) atoms. The molecule has 5 heteroatoms. The fraction of sp³-hybridized carbons (Fsp3) is 0.409. The van der Waals surface area contributed by atoms with Crippen LogP contribution < -0.4 is 0 Å². The number of hydrogen-bond donors (Lipinski definition) is 0. The van der Waals surface area contributed by atoms with Gasteiger partial charge in [0.25, 0.3) is 0 Å².